The molecule has 0 saturated carbocycles. The summed E-state index contributed by atoms with van der Waals surface area (Å²) >= 11 is 0. The predicted molar refractivity (Wildman–Crippen MR) is 228 cm³/mol. The molecule has 264 valence electrons. The molecule has 0 saturated heterocycles. The quantitative estimate of drug-likeness (QED) is 0.123. The van der Waals surface area contributed by atoms with Crippen LogP contribution in [0.4, 0.5) is 0 Å². The van der Waals surface area contributed by atoms with Crippen molar-refractivity contribution in [3.8, 4) is 0 Å². The summed E-state index contributed by atoms with van der Waals surface area (Å²) in [5.74, 6) is 0. The van der Waals surface area contributed by atoms with Gasteiger partial charge in [0, 0.05) is 76.2 Å². The standard InChI is InChI=1S/C48H52N4/c1-45(2,3)27-13-25-15-37-31-17-29(47(7,8)9)22-40-34(31)24-42(50-40)36-20-28(46(4,5)6)14-26-16-38(52-44(26)36)32-18-30(48(10,11)12)21-39-33(32)23-41(49-39)35(19-27)43(25)51-37/h13-24,49-52H,1-12H3. The minimum Gasteiger partial charge on any atom is -0.354 e. The van der Waals surface area contributed by atoms with E-state index in [2.05, 4.69) is 176 Å². The average molecular weight is 685 g/mol. The van der Waals surface area contributed by atoms with E-state index in [9.17, 15) is 0 Å². The van der Waals surface area contributed by atoms with Crippen LogP contribution in [0.25, 0.3) is 87.2 Å². The highest BCUT2D eigenvalue weighted by Crippen LogP contribution is 2.40. The highest BCUT2D eigenvalue weighted by atomic mass is 14.8. The van der Waals surface area contributed by atoms with E-state index < -0.39 is 0 Å². The lowest BCUT2D eigenvalue weighted by molar-refractivity contribution is 0.591. The van der Waals surface area contributed by atoms with Gasteiger partial charge in [0.05, 0.1) is 11.0 Å². The molecule has 5 aromatic heterocycles. The number of hydrogen-bond donors (Lipinski definition) is 4. The zero-order chi connectivity index (χ0) is 36.9. The fourth-order valence-electron chi connectivity index (χ4n) is 8.15. The fourth-order valence-corrected chi connectivity index (χ4v) is 8.15. The molecule has 0 aliphatic heterocycles. The van der Waals surface area contributed by atoms with E-state index in [4.69, 9.17) is 0 Å². The zero-order valence-corrected chi connectivity index (χ0v) is 32.9. The molecule has 4 aromatic carbocycles. The SMILES string of the molecule is CC(C)(C)c1cc2[nH]c3cc2c(c1)c1cc2cc(C(C)(C)C)cc(c4cc5c(cc(C(C)(C)C)cc5c5cc6cc(C(C)(C)C)cc3c6[nH]5)[nH]4)c2[nH]1. The Balaban J connectivity index is 1.60. The molecule has 0 spiro atoms. The monoisotopic (exact) mass is 684 g/mol. The normalized spacial score (nSPS) is 13.8. The van der Waals surface area contributed by atoms with Crippen LogP contribution >= 0.6 is 0 Å². The Bertz CT molecular complexity index is 2570. The molecule has 0 atom stereocenters. The maximum Gasteiger partial charge on any atom is 0.0553 e. The smallest absolute Gasteiger partial charge is 0.0553 e. The number of rotatable bonds is 0. The van der Waals surface area contributed by atoms with Crippen LogP contribution in [0.3, 0.4) is 0 Å². The Labute approximate surface area is 306 Å². The molecule has 4 N–H and O–H groups in total. The summed E-state index contributed by atoms with van der Waals surface area (Å²) in [6, 6.07) is 28.7. The number of nitrogens with one attached hydrogen (secondary N) is 4. The molecule has 0 radical (unpaired) electrons. The van der Waals surface area contributed by atoms with Crippen LogP contribution < -0.4 is 0 Å². The molecule has 4 heteroatoms. The first kappa shape index (κ1) is 32.9. The fraction of sp³-hybridized carbons (Fsp3) is 0.333. The van der Waals surface area contributed by atoms with E-state index in [1.807, 2.05) is 0 Å². The van der Waals surface area contributed by atoms with Crippen molar-refractivity contribution in [2.45, 2.75) is 105 Å². The lowest BCUT2D eigenvalue weighted by atomic mass is 9.85. The Morgan fingerprint density at radius 3 is 0.885 bits per heavy atom. The van der Waals surface area contributed by atoms with Crippen LogP contribution in [-0.2, 0) is 21.7 Å². The first-order chi connectivity index (χ1) is 24.2. The predicted octanol–water partition coefficient (Wildman–Crippen LogP) is 14.0. The van der Waals surface area contributed by atoms with E-state index in [0.717, 1.165) is 44.1 Å². The van der Waals surface area contributed by atoms with Gasteiger partial charge in [-0.25, -0.2) is 0 Å². The van der Waals surface area contributed by atoms with Gasteiger partial charge in [-0.2, -0.15) is 0 Å². The van der Waals surface area contributed by atoms with E-state index in [0.29, 0.717) is 0 Å². The lowest BCUT2D eigenvalue weighted by Crippen LogP contribution is -2.10. The molecule has 0 aliphatic carbocycles. The van der Waals surface area contributed by atoms with Crippen LogP contribution in [0.15, 0.2) is 72.8 Å². The third-order valence-electron chi connectivity index (χ3n) is 11.6. The van der Waals surface area contributed by atoms with E-state index in [1.54, 1.807) is 0 Å². The van der Waals surface area contributed by atoms with Gasteiger partial charge in [-0.1, -0.05) is 83.1 Å². The summed E-state index contributed by atoms with van der Waals surface area (Å²) in [7, 11) is 0. The Morgan fingerprint density at radius 2 is 0.538 bits per heavy atom. The van der Waals surface area contributed by atoms with E-state index in [1.165, 1.54) is 65.3 Å². The Morgan fingerprint density at radius 1 is 0.269 bits per heavy atom. The minimum absolute atomic E-state index is 0.0162. The number of aromatic nitrogens is 4. The molecule has 8 bridgehead atoms. The molecule has 52 heavy (non-hydrogen) atoms. The molecule has 0 fully saturated rings. The van der Waals surface area contributed by atoms with Crippen molar-refractivity contribution in [2.24, 2.45) is 0 Å². The topological polar surface area (TPSA) is 63.2 Å². The second-order valence-corrected chi connectivity index (χ2v) is 19.7. The van der Waals surface area contributed by atoms with Gasteiger partial charge >= 0.3 is 0 Å². The van der Waals surface area contributed by atoms with Gasteiger partial charge in [0.2, 0.25) is 0 Å². The second-order valence-electron chi connectivity index (χ2n) is 19.7. The van der Waals surface area contributed by atoms with Crippen molar-refractivity contribution in [2.75, 3.05) is 0 Å². The third-order valence-corrected chi connectivity index (χ3v) is 11.6. The summed E-state index contributed by atoms with van der Waals surface area (Å²) in [5, 5.41) is 9.76. The van der Waals surface area contributed by atoms with Crippen molar-refractivity contribution < 1.29 is 0 Å². The molecular weight excluding hydrogens is 633 g/mol. The lowest BCUT2D eigenvalue weighted by Gasteiger charge is -2.19. The van der Waals surface area contributed by atoms with Gasteiger partial charge in [-0.05, 0) is 117 Å². The van der Waals surface area contributed by atoms with Crippen molar-refractivity contribution >= 4 is 87.2 Å². The van der Waals surface area contributed by atoms with Gasteiger partial charge in [0.25, 0.3) is 0 Å². The molecule has 0 amide bonds. The van der Waals surface area contributed by atoms with Crippen LogP contribution in [0.2, 0.25) is 0 Å². The minimum atomic E-state index is -0.0235. The summed E-state index contributed by atoms with van der Waals surface area (Å²) in [6.45, 7) is 27.7. The molecule has 5 heterocycles. The van der Waals surface area contributed by atoms with Gasteiger partial charge in [0.15, 0.2) is 0 Å². The third kappa shape index (κ3) is 5.09. The van der Waals surface area contributed by atoms with E-state index in [-0.39, 0.29) is 21.7 Å². The van der Waals surface area contributed by atoms with Crippen molar-refractivity contribution in [3.05, 3.63) is 95.1 Å². The molecule has 9 aromatic rings. The van der Waals surface area contributed by atoms with Crippen molar-refractivity contribution in [1.29, 1.82) is 0 Å². The Kier molecular flexibility index (Phi) is 6.54. The first-order valence-corrected chi connectivity index (χ1v) is 18.9. The van der Waals surface area contributed by atoms with Crippen molar-refractivity contribution in [1.82, 2.24) is 19.9 Å². The number of aromatic amines is 4. The van der Waals surface area contributed by atoms with Gasteiger partial charge in [-0.3, -0.25) is 0 Å². The number of fused-ring (bicyclic) bond motifs is 8. The van der Waals surface area contributed by atoms with Gasteiger partial charge in [0.1, 0.15) is 0 Å². The summed E-state index contributed by atoms with van der Waals surface area (Å²) in [6.07, 6.45) is 0. The Hall–Kier alpha value is -4.96. The van der Waals surface area contributed by atoms with Crippen LogP contribution in [-0.4, -0.2) is 19.9 Å². The largest absolute Gasteiger partial charge is 0.354 e. The maximum atomic E-state index is 3.99. The zero-order valence-electron chi connectivity index (χ0n) is 32.9. The summed E-state index contributed by atoms with van der Waals surface area (Å²) in [4.78, 5) is 15.9. The average Bonchev–Trinajstić information content (AvgIpc) is 3.83. The highest BCUT2D eigenvalue weighted by molar-refractivity contribution is 6.18. The van der Waals surface area contributed by atoms with Crippen LogP contribution in [0, 0.1) is 0 Å². The summed E-state index contributed by atoms with van der Waals surface area (Å²) in [5.41, 5.74) is 14.3. The van der Waals surface area contributed by atoms with E-state index >= 15 is 0 Å². The van der Waals surface area contributed by atoms with Gasteiger partial charge < -0.3 is 19.9 Å². The highest BCUT2D eigenvalue weighted by Gasteiger charge is 2.22. The van der Waals surface area contributed by atoms with Crippen molar-refractivity contribution in [3.63, 3.8) is 0 Å². The number of benzene rings is 4. The summed E-state index contributed by atoms with van der Waals surface area (Å²) < 4.78 is 0. The number of hydrogen-bond acceptors (Lipinski definition) is 0. The van der Waals surface area contributed by atoms with Crippen LogP contribution in [0.5, 0.6) is 0 Å². The molecule has 4 nitrogen and oxygen atoms in total. The van der Waals surface area contributed by atoms with Crippen LogP contribution in [0.1, 0.15) is 105 Å². The molecule has 9 rings (SSSR count). The molecule has 0 unspecified atom stereocenters. The second kappa shape index (κ2) is 10.3. The molecular formula is C48H52N4. The van der Waals surface area contributed by atoms with Gasteiger partial charge in [-0.15, -0.1) is 0 Å². The maximum absolute atomic E-state index is 3.99. The first-order valence-electron chi connectivity index (χ1n) is 18.9. The molecule has 0 aliphatic rings. The number of H-pyrrole nitrogens is 4.